The molecule has 11 nitrogen and oxygen atoms in total. The number of imidazole rings is 1. The van der Waals surface area contributed by atoms with E-state index in [1.807, 2.05) is 0 Å². The van der Waals surface area contributed by atoms with Gasteiger partial charge < -0.3 is 10.2 Å². The smallest absolute Gasteiger partial charge is 0.332 e. The van der Waals surface area contributed by atoms with E-state index >= 15 is 0 Å². The van der Waals surface area contributed by atoms with Gasteiger partial charge in [-0.3, -0.25) is 18.5 Å². The molecule has 3 heterocycles. The summed E-state index contributed by atoms with van der Waals surface area (Å²) in [5.74, 6) is 6.40. The van der Waals surface area contributed by atoms with Crippen molar-refractivity contribution in [1.82, 2.24) is 28.7 Å². The van der Waals surface area contributed by atoms with Crippen molar-refractivity contribution >= 4 is 27.1 Å². The van der Waals surface area contributed by atoms with Gasteiger partial charge in [-0.05, 0) is 6.92 Å². The zero-order chi connectivity index (χ0) is 21.2. The van der Waals surface area contributed by atoms with E-state index < -0.39 is 21.3 Å². The standard InChI is InChI=1S/C17H25N7O4S/c1-4-5-9-23-13-14(20-16(23)22-10-6-18-7-11-22)21(2)17(26)24(15(13)25)12-8-19-29(3,27)28/h18-19H,6-12H2,1-3H3. The van der Waals surface area contributed by atoms with Crippen LogP contribution in [0.15, 0.2) is 9.59 Å². The Morgan fingerprint density at radius 3 is 2.52 bits per heavy atom. The first-order valence-corrected chi connectivity index (χ1v) is 11.1. The molecule has 1 fully saturated rings. The predicted molar refractivity (Wildman–Crippen MR) is 111 cm³/mol. The SMILES string of the molecule is CC#CCn1c(N2CCNCC2)nc2c1c(=O)n(CCNS(C)(=O)=O)c(=O)n2C. The Balaban J connectivity index is 2.16. The number of aromatic nitrogens is 4. The fourth-order valence-corrected chi connectivity index (χ4v) is 3.78. The molecule has 0 aliphatic carbocycles. The lowest BCUT2D eigenvalue weighted by Crippen LogP contribution is -2.44. The van der Waals surface area contributed by atoms with Crippen molar-refractivity contribution in [2.45, 2.75) is 20.0 Å². The summed E-state index contributed by atoms with van der Waals surface area (Å²) in [5, 5.41) is 3.27. The number of fused-ring (bicyclic) bond motifs is 1. The number of piperazine rings is 1. The van der Waals surface area contributed by atoms with Gasteiger partial charge in [-0.15, -0.1) is 5.92 Å². The van der Waals surface area contributed by atoms with Crippen LogP contribution in [0.1, 0.15) is 6.92 Å². The van der Waals surface area contributed by atoms with Crippen LogP contribution in [0.25, 0.3) is 11.2 Å². The Labute approximate surface area is 168 Å². The Hall–Kier alpha value is -2.62. The second-order valence-electron chi connectivity index (χ2n) is 6.80. The molecular formula is C17H25N7O4S. The lowest BCUT2D eigenvalue weighted by Gasteiger charge is -2.28. The molecule has 2 aromatic heterocycles. The van der Waals surface area contributed by atoms with Crippen LogP contribution in [0.4, 0.5) is 5.95 Å². The molecule has 0 saturated carbocycles. The Morgan fingerprint density at radius 2 is 1.90 bits per heavy atom. The average molecular weight is 423 g/mol. The number of aryl methyl sites for hydroxylation is 1. The van der Waals surface area contributed by atoms with Gasteiger partial charge in [-0.1, -0.05) is 5.92 Å². The molecule has 0 atom stereocenters. The maximum Gasteiger partial charge on any atom is 0.332 e. The van der Waals surface area contributed by atoms with Crippen LogP contribution in [0, 0.1) is 11.8 Å². The molecular weight excluding hydrogens is 398 g/mol. The summed E-state index contributed by atoms with van der Waals surface area (Å²) < 4.78 is 29.0. The average Bonchev–Trinajstić information content (AvgIpc) is 3.07. The highest BCUT2D eigenvalue weighted by Gasteiger charge is 2.24. The molecule has 0 spiro atoms. The van der Waals surface area contributed by atoms with Gasteiger partial charge in [-0.2, -0.15) is 4.98 Å². The maximum atomic E-state index is 13.2. The molecule has 0 aromatic carbocycles. The van der Waals surface area contributed by atoms with E-state index in [4.69, 9.17) is 0 Å². The van der Waals surface area contributed by atoms with E-state index in [2.05, 4.69) is 31.8 Å². The van der Waals surface area contributed by atoms with Crippen LogP contribution >= 0.6 is 0 Å². The van der Waals surface area contributed by atoms with Crippen molar-refractivity contribution in [3.8, 4) is 11.8 Å². The van der Waals surface area contributed by atoms with Crippen molar-refractivity contribution in [1.29, 1.82) is 0 Å². The molecule has 0 unspecified atom stereocenters. The fraction of sp³-hybridized carbons (Fsp3) is 0.588. The lowest BCUT2D eigenvalue weighted by molar-refractivity contribution is 0.562. The quantitative estimate of drug-likeness (QED) is 0.509. The predicted octanol–water partition coefficient (Wildman–Crippen LogP) is -2.12. The van der Waals surface area contributed by atoms with Crippen LogP contribution in [0.2, 0.25) is 0 Å². The van der Waals surface area contributed by atoms with E-state index in [0.717, 1.165) is 37.0 Å². The summed E-state index contributed by atoms with van der Waals surface area (Å²) >= 11 is 0. The zero-order valence-corrected chi connectivity index (χ0v) is 17.5. The first-order chi connectivity index (χ1) is 13.7. The number of nitrogens with one attached hydrogen (secondary N) is 2. The number of anilines is 1. The first-order valence-electron chi connectivity index (χ1n) is 9.24. The summed E-state index contributed by atoms with van der Waals surface area (Å²) in [7, 11) is -1.88. The fourth-order valence-electron chi connectivity index (χ4n) is 3.31. The van der Waals surface area contributed by atoms with E-state index in [1.165, 1.54) is 4.57 Å². The highest BCUT2D eigenvalue weighted by atomic mass is 32.2. The first kappa shape index (κ1) is 21.1. The van der Waals surface area contributed by atoms with Gasteiger partial charge in [-0.25, -0.2) is 17.9 Å². The number of hydrogen-bond acceptors (Lipinski definition) is 7. The molecule has 0 bridgehead atoms. The monoisotopic (exact) mass is 423 g/mol. The zero-order valence-electron chi connectivity index (χ0n) is 16.7. The van der Waals surface area contributed by atoms with Crippen molar-refractivity contribution in [2.24, 2.45) is 7.05 Å². The molecule has 12 heteroatoms. The minimum Gasteiger partial charge on any atom is -0.340 e. The van der Waals surface area contributed by atoms with Gasteiger partial charge in [0.25, 0.3) is 5.56 Å². The summed E-state index contributed by atoms with van der Waals surface area (Å²) in [6.45, 7) is 4.88. The second kappa shape index (κ2) is 8.40. The summed E-state index contributed by atoms with van der Waals surface area (Å²) in [4.78, 5) is 32.6. The van der Waals surface area contributed by atoms with Crippen molar-refractivity contribution in [2.75, 3.05) is 43.9 Å². The molecule has 1 aliphatic rings. The lowest BCUT2D eigenvalue weighted by atomic mass is 10.4. The molecule has 3 rings (SSSR count). The third-order valence-corrected chi connectivity index (χ3v) is 5.45. The maximum absolute atomic E-state index is 13.2. The Kier molecular flexibility index (Phi) is 6.11. The normalized spacial score (nSPS) is 14.8. The van der Waals surface area contributed by atoms with Gasteiger partial charge in [0.1, 0.15) is 0 Å². The van der Waals surface area contributed by atoms with Crippen LogP contribution in [0.3, 0.4) is 0 Å². The van der Waals surface area contributed by atoms with Crippen LogP contribution in [0.5, 0.6) is 0 Å². The Morgan fingerprint density at radius 1 is 1.21 bits per heavy atom. The minimum absolute atomic E-state index is 0.0625. The van der Waals surface area contributed by atoms with Gasteiger partial charge in [0.2, 0.25) is 16.0 Å². The number of rotatable bonds is 6. The van der Waals surface area contributed by atoms with Gasteiger partial charge in [0, 0.05) is 46.3 Å². The second-order valence-corrected chi connectivity index (χ2v) is 8.63. The van der Waals surface area contributed by atoms with Crippen molar-refractivity contribution in [3.63, 3.8) is 0 Å². The van der Waals surface area contributed by atoms with Crippen molar-refractivity contribution < 1.29 is 8.42 Å². The molecule has 2 aromatic rings. The summed E-state index contributed by atoms with van der Waals surface area (Å²) in [6, 6.07) is 0. The van der Waals surface area contributed by atoms with Gasteiger partial charge in [0.15, 0.2) is 11.2 Å². The Bertz CT molecular complexity index is 1190. The summed E-state index contributed by atoms with van der Waals surface area (Å²) in [5.41, 5.74) is -0.484. The summed E-state index contributed by atoms with van der Waals surface area (Å²) in [6.07, 6.45) is 1.02. The molecule has 0 amide bonds. The highest BCUT2D eigenvalue weighted by Crippen LogP contribution is 2.19. The third kappa shape index (κ3) is 4.36. The van der Waals surface area contributed by atoms with E-state index in [0.29, 0.717) is 11.6 Å². The van der Waals surface area contributed by atoms with Crippen LogP contribution < -0.4 is 26.2 Å². The molecule has 1 saturated heterocycles. The van der Waals surface area contributed by atoms with Crippen LogP contribution in [-0.4, -0.2) is 66.1 Å². The molecule has 29 heavy (non-hydrogen) atoms. The molecule has 0 radical (unpaired) electrons. The molecule has 2 N–H and O–H groups in total. The number of sulfonamides is 1. The number of hydrogen-bond donors (Lipinski definition) is 2. The minimum atomic E-state index is -3.43. The number of nitrogens with zero attached hydrogens (tertiary/aromatic N) is 5. The highest BCUT2D eigenvalue weighted by molar-refractivity contribution is 7.88. The van der Waals surface area contributed by atoms with Crippen LogP contribution in [-0.2, 0) is 30.2 Å². The third-order valence-electron chi connectivity index (χ3n) is 4.73. The largest absolute Gasteiger partial charge is 0.340 e. The topological polar surface area (TPSA) is 123 Å². The van der Waals surface area contributed by atoms with E-state index in [-0.39, 0.29) is 25.2 Å². The van der Waals surface area contributed by atoms with E-state index in [1.54, 1.807) is 18.5 Å². The molecule has 1 aliphatic heterocycles. The van der Waals surface area contributed by atoms with Crippen molar-refractivity contribution in [3.05, 3.63) is 20.8 Å². The van der Waals surface area contributed by atoms with Gasteiger partial charge in [0.05, 0.1) is 12.8 Å². The molecule has 158 valence electrons. The van der Waals surface area contributed by atoms with Gasteiger partial charge >= 0.3 is 5.69 Å². The van der Waals surface area contributed by atoms with E-state index in [9.17, 15) is 18.0 Å².